The van der Waals surface area contributed by atoms with Crippen molar-refractivity contribution in [2.45, 2.75) is 26.7 Å². The molecule has 0 bridgehead atoms. The van der Waals surface area contributed by atoms with Gasteiger partial charge in [-0.05, 0) is 32.3 Å². The van der Waals surface area contributed by atoms with E-state index in [0.717, 1.165) is 12.8 Å². The summed E-state index contributed by atoms with van der Waals surface area (Å²) >= 11 is 0. The summed E-state index contributed by atoms with van der Waals surface area (Å²) in [5.74, 6) is 0. The number of hydrogen-bond acceptors (Lipinski definition) is 0. The van der Waals surface area contributed by atoms with E-state index in [9.17, 15) is 0 Å². The summed E-state index contributed by atoms with van der Waals surface area (Å²) < 4.78 is 0. The van der Waals surface area contributed by atoms with Gasteiger partial charge in [0.25, 0.3) is 0 Å². The standard InChI is InChI=1S/C10H12.C8H10/c1-3-10-6-4-5-9(2)7-8-10;1-8-6-4-2-3-5-7-8/h3,5-8H,1,4H2,2H3;2-4,6-7H,5H2,1H3. The second kappa shape index (κ2) is 8.30. The molecule has 0 saturated carbocycles. The van der Waals surface area contributed by atoms with E-state index in [0.29, 0.717) is 0 Å². The Morgan fingerprint density at radius 3 is 2.39 bits per heavy atom. The molecule has 18 heavy (non-hydrogen) atoms. The van der Waals surface area contributed by atoms with Gasteiger partial charge < -0.3 is 0 Å². The highest BCUT2D eigenvalue weighted by Gasteiger charge is 1.89. The van der Waals surface area contributed by atoms with Crippen LogP contribution in [-0.4, -0.2) is 0 Å². The fourth-order valence-corrected chi connectivity index (χ4v) is 1.58. The van der Waals surface area contributed by atoms with Crippen LogP contribution in [0.5, 0.6) is 0 Å². The SMILES string of the molecule is C=CC1=CCC=C(C)C=C1.CC1=CCC=CC=C1. The summed E-state index contributed by atoms with van der Waals surface area (Å²) in [5, 5.41) is 0. The Labute approximate surface area is 111 Å². The molecule has 0 saturated heterocycles. The van der Waals surface area contributed by atoms with Crippen molar-refractivity contribution in [1.82, 2.24) is 0 Å². The lowest BCUT2D eigenvalue weighted by Gasteiger charge is -1.86. The van der Waals surface area contributed by atoms with E-state index >= 15 is 0 Å². The van der Waals surface area contributed by atoms with Crippen LogP contribution in [0.1, 0.15) is 26.7 Å². The summed E-state index contributed by atoms with van der Waals surface area (Å²) in [6, 6.07) is 0. The van der Waals surface area contributed by atoms with Gasteiger partial charge in [-0.3, -0.25) is 0 Å². The molecule has 0 fully saturated rings. The van der Waals surface area contributed by atoms with Gasteiger partial charge in [-0.2, -0.15) is 0 Å². The molecule has 0 aromatic heterocycles. The molecule has 0 aromatic rings. The Morgan fingerprint density at radius 1 is 0.889 bits per heavy atom. The zero-order valence-corrected chi connectivity index (χ0v) is 11.4. The highest BCUT2D eigenvalue weighted by Crippen LogP contribution is 2.09. The van der Waals surface area contributed by atoms with E-state index in [1.807, 2.05) is 6.08 Å². The van der Waals surface area contributed by atoms with Crippen LogP contribution in [0.25, 0.3) is 0 Å². The van der Waals surface area contributed by atoms with E-state index in [2.05, 4.69) is 75.1 Å². The maximum absolute atomic E-state index is 3.71. The zero-order valence-electron chi connectivity index (χ0n) is 11.4. The van der Waals surface area contributed by atoms with Crippen LogP contribution in [0.2, 0.25) is 0 Å². The van der Waals surface area contributed by atoms with Crippen LogP contribution < -0.4 is 0 Å². The van der Waals surface area contributed by atoms with Crippen LogP contribution in [-0.2, 0) is 0 Å². The van der Waals surface area contributed by atoms with E-state index in [1.54, 1.807) is 0 Å². The Hall–Kier alpha value is -1.82. The summed E-state index contributed by atoms with van der Waals surface area (Å²) in [7, 11) is 0. The highest BCUT2D eigenvalue weighted by molar-refractivity contribution is 5.36. The molecule has 0 atom stereocenters. The topological polar surface area (TPSA) is 0 Å². The minimum atomic E-state index is 1.03. The van der Waals surface area contributed by atoms with Gasteiger partial charge in [0.2, 0.25) is 0 Å². The Kier molecular flexibility index (Phi) is 6.56. The molecule has 0 amide bonds. The Bertz CT molecular complexity index is 446. The first-order chi connectivity index (χ1) is 8.72. The molecule has 0 heterocycles. The summed E-state index contributed by atoms with van der Waals surface area (Å²) in [6.07, 6.45) is 23.2. The third-order valence-corrected chi connectivity index (χ3v) is 2.75. The van der Waals surface area contributed by atoms with Crippen molar-refractivity contribution in [1.29, 1.82) is 0 Å². The summed E-state index contributed by atoms with van der Waals surface area (Å²) in [5.41, 5.74) is 3.90. The van der Waals surface area contributed by atoms with Crippen LogP contribution in [0.3, 0.4) is 0 Å². The summed E-state index contributed by atoms with van der Waals surface area (Å²) in [6.45, 7) is 7.93. The molecular formula is C18H22. The number of allylic oxidation sites excluding steroid dienone is 13. The second-order valence-corrected chi connectivity index (χ2v) is 4.40. The first-order valence-corrected chi connectivity index (χ1v) is 6.40. The lowest BCUT2D eigenvalue weighted by molar-refractivity contribution is 1.34. The number of hydrogen-bond donors (Lipinski definition) is 0. The molecular weight excluding hydrogens is 216 g/mol. The monoisotopic (exact) mass is 238 g/mol. The molecule has 0 aliphatic heterocycles. The minimum Gasteiger partial charge on any atom is -0.0985 e. The third kappa shape index (κ3) is 6.05. The smallest absolute Gasteiger partial charge is 0.0154 e. The maximum atomic E-state index is 3.71. The van der Waals surface area contributed by atoms with Gasteiger partial charge in [-0.25, -0.2) is 0 Å². The van der Waals surface area contributed by atoms with Gasteiger partial charge in [-0.1, -0.05) is 78.5 Å². The third-order valence-electron chi connectivity index (χ3n) is 2.75. The largest absolute Gasteiger partial charge is 0.0985 e. The van der Waals surface area contributed by atoms with Crippen molar-refractivity contribution in [2.24, 2.45) is 0 Å². The fraction of sp³-hybridized carbons (Fsp3) is 0.222. The van der Waals surface area contributed by atoms with Crippen molar-refractivity contribution < 1.29 is 0 Å². The molecule has 0 nitrogen and oxygen atoms in total. The molecule has 0 unspecified atom stereocenters. The average molecular weight is 238 g/mol. The fourth-order valence-electron chi connectivity index (χ4n) is 1.58. The van der Waals surface area contributed by atoms with Crippen molar-refractivity contribution in [3.8, 4) is 0 Å². The Morgan fingerprint density at radius 2 is 1.61 bits per heavy atom. The van der Waals surface area contributed by atoms with Crippen molar-refractivity contribution >= 4 is 0 Å². The van der Waals surface area contributed by atoms with Crippen molar-refractivity contribution in [3.05, 3.63) is 84.1 Å². The second-order valence-electron chi connectivity index (χ2n) is 4.40. The molecule has 2 rings (SSSR count). The molecule has 2 aliphatic carbocycles. The number of rotatable bonds is 1. The lowest BCUT2D eigenvalue weighted by Crippen LogP contribution is -1.65. The first kappa shape index (κ1) is 14.2. The molecule has 0 heteroatoms. The van der Waals surface area contributed by atoms with Gasteiger partial charge in [0, 0.05) is 0 Å². The van der Waals surface area contributed by atoms with Crippen LogP contribution >= 0.6 is 0 Å². The highest BCUT2D eigenvalue weighted by atomic mass is 14.0. The zero-order chi connectivity index (χ0) is 13.2. The maximum Gasteiger partial charge on any atom is -0.0154 e. The van der Waals surface area contributed by atoms with Gasteiger partial charge in [0.1, 0.15) is 0 Å². The molecule has 2 aliphatic rings. The van der Waals surface area contributed by atoms with Crippen molar-refractivity contribution in [2.75, 3.05) is 0 Å². The summed E-state index contributed by atoms with van der Waals surface area (Å²) in [4.78, 5) is 0. The van der Waals surface area contributed by atoms with Crippen molar-refractivity contribution in [3.63, 3.8) is 0 Å². The average Bonchev–Trinajstić information content (AvgIpc) is 2.72. The first-order valence-electron chi connectivity index (χ1n) is 6.40. The normalized spacial score (nSPS) is 17.6. The quantitative estimate of drug-likeness (QED) is 0.569. The van der Waals surface area contributed by atoms with Gasteiger partial charge in [0.15, 0.2) is 0 Å². The minimum absolute atomic E-state index is 1.03. The molecule has 0 aromatic carbocycles. The van der Waals surface area contributed by atoms with Gasteiger partial charge in [0.05, 0.1) is 0 Å². The molecule has 0 spiro atoms. The van der Waals surface area contributed by atoms with Crippen LogP contribution in [0.15, 0.2) is 84.1 Å². The molecule has 0 radical (unpaired) electrons. The lowest BCUT2D eigenvalue weighted by atomic mass is 10.2. The van der Waals surface area contributed by atoms with E-state index in [4.69, 9.17) is 0 Å². The van der Waals surface area contributed by atoms with E-state index in [1.165, 1.54) is 16.7 Å². The molecule has 0 N–H and O–H groups in total. The van der Waals surface area contributed by atoms with E-state index < -0.39 is 0 Å². The predicted molar refractivity (Wildman–Crippen MR) is 82.4 cm³/mol. The Balaban J connectivity index is 0.000000184. The van der Waals surface area contributed by atoms with E-state index in [-0.39, 0.29) is 0 Å². The van der Waals surface area contributed by atoms with Crippen LogP contribution in [0, 0.1) is 0 Å². The van der Waals surface area contributed by atoms with Gasteiger partial charge in [-0.15, -0.1) is 0 Å². The van der Waals surface area contributed by atoms with Crippen LogP contribution in [0.4, 0.5) is 0 Å². The predicted octanol–water partition coefficient (Wildman–Crippen LogP) is 5.45. The van der Waals surface area contributed by atoms with Gasteiger partial charge >= 0.3 is 0 Å². The molecule has 94 valence electrons.